The second-order valence-electron chi connectivity index (χ2n) is 8.21. The molecule has 1 saturated heterocycles. The van der Waals surface area contributed by atoms with Gasteiger partial charge in [0.15, 0.2) is 5.78 Å². The Hall–Kier alpha value is -2.81. The Morgan fingerprint density at radius 2 is 1.81 bits per heavy atom. The number of esters is 1. The van der Waals surface area contributed by atoms with Crippen LogP contribution in [0.4, 0.5) is 9.59 Å². The molecule has 0 radical (unpaired) electrons. The first-order valence-electron chi connectivity index (χ1n) is 10.8. The van der Waals surface area contributed by atoms with E-state index in [-0.39, 0.29) is 29.2 Å². The van der Waals surface area contributed by atoms with Crippen LogP contribution in [0.1, 0.15) is 27.2 Å². The lowest BCUT2D eigenvalue weighted by molar-refractivity contribution is -0.169. The number of hydrogen-bond donors (Lipinski definition) is 1. The molecule has 0 spiro atoms. The van der Waals surface area contributed by atoms with Crippen LogP contribution in [0.2, 0.25) is 0 Å². The maximum atomic E-state index is 13.0. The fraction of sp³-hybridized carbons (Fsp3) is 0.619. The van der Waals surface area contributed by atoms with E-state index in [0.717, 1.165) is 4.90 Å². The zero-order valence-corrected chi connectivity index (χ0v) is 22.8. The maximum Gasteiger partial charge on any atom is 0.511 e. The molecule has 0 aromatic carbocycles. The van der Waals surface area contributed by atoms with Gasteiger partial charge in [-0.25, -0.2) is 14.4 Å². The fourth-order valence-corrected chi connectivity index (χ4v) is 4.62. The molecule has 2 heterocycles. The minimum Gasteiger partial charge on any atom is -0.445 e. The summed E-state index contributed by atoms with van der Waals surface area (Å²) >= 11 is 4.21. The number of fused-ring (bicyclic) bond motifs is 1. The summed E-state index contributed by atoms with van der Waals surface area (Å²) in [7, 11) is 2.97. The summed E-state index contributed by atoms with van der Waals surface area (Å²) in [6, 6.07) is -0.964. The van der Waals surface area contributed by atoms with E-state index in [0.29, 0.717) is 5.57 Å². The third kappa shape index (κ3) is 7.59. The number of β-lactam (4-membered cyclic amide) rings is 1. The van der Waals surface area contributed by atoms with Gasteiger partial charge in [0.05, 0.1) is 17.9 Å². The molecule has 3 atom stereocenters. The van der Waals surface area contributed by atoms with Gasteiger partial charge < -0.3 is 29.2 Å². The maximum absolute atomic E-state index is 13.0. The molecule has 200 valence electrons. The van der Waals surface area contributed by atoms with Gasteiger partial charge in [0.2, 0.25) is 12.2 Å². The number of amides is 3. The van der Waals surface area contributed by atoms with Crippen molar-refractivity contribution in [1.82, 2.24) is 15.1 Å². The predicted molar refractivity (Wildman–Crippen MR) is 129 cm³/mol. The lowest BCUT2D eigenvalue weighted by atomic mass is 10.0. The average Bonchev–Trinajstić information content (AvgIpc) is 2.79. The van der Waals surface area contributed by atoms with Crippen molar-refractivity contribution in [2.45, 2.75) is 51.0 Å². The van der Waals surface area contributed by atoms with Crippen molar-refractivity contribution in [3.63, 3.8) is 0 Å². The molecule has 15 heteroatoms. The normalized spacial score (nSPS) is 19.5. The minimum atomic E-state index is -1.35. The van der Waals surface area contributed by atoms with E-state index < -0.39 is 60.3 Å². The monoisotopic (exact) mass is 593 g/mol. The third-order valence-corrected chi connectivity index (χ3v) is 6.63. The van der Waals surface area contributed by atoms with Crippen LogP contribution in [0, 0.1) is 0 Å². The summed E-state index contributed by atoms with van der Waals surface area (Å²) in [6.45, 7) is 4.23. The first kappa shape index (κ1) is 29.4. The smallest absolute Gasteiger partial charge is 0.445 e. The second-order valence-corrected chi connectivity index (χ2v) is 9.88. The number of thioether (sulfide) groups is 1. The topological polar surface area (TPSA) is 158 Å². The Morgan fingerprint density at radius 1 is 1.14 bits per heavy atom. The molecule has 1 fully saturated rings. The molecule has 36 heavy (non-hydrogen) atoms. The van der Waals surface area contributed by atoms with Gasteiger partial charge in [-0.05, 0) is 13.8 Å². The van der Waals surface area contributed by atoms with Gasteiger partial charge in [-0.1, -0.05) is 15.9 Å². The quantitative estimate of drug-likeness (QED) is 0.0966. The standard InChI is InChI=1S/C21H28BrN3O10S/c1-10(2)33-21(31)35-11(3)34-19(29)16-12(8-32-20(30)24(4)5)9-36-18-15(17(28)25(16)18)23-14(27)6-13(26)7-22/h10-11,15,18H,6-9H2,1-5H3,(H,23,27)/t11-,15+,18+/m0/s1. The van der Waals surface area contributed by atoms with Crippen LogP contribution < -0.4 is 5.32 Å². The first-order valence-corrected chi connectivity index (χ1v) is 13.0. The number of carbonyl (C=O) groups excluding carboxylic acids is 6. The molecule has 2 aliphatic heterocycles. The molecule has 3 amide bonds. The van der Waals surface area contributed by atoms with Crippen molar-refractivity contribution in [2.75, 3.05) is 31.8 Å². The molecule has 0 aromatic rings. The van der Waals surface area contributed by atoms with Crippen molar-refractivity contribution in [3.05, 3.63) is 11.3 Å². The largest absolute Gasteiger partial charge is 0.511 e. The summed E-state index contributed by atoms with van der Waals surface area (Å²) in [5.41, 5.74) is 0.117. The van der Waals surface area contributed by atoms with Gasteiger partial charge in [0.1, 0.15) is 23.7 Å². The van der Waals surface area contributed by atoms with E-state index in [2.05, 4.69) is 21.2 Å². The number of carbonyl (C=O) groups is 6. The van der Waals surface area contributed by atoms with Crippen LogP contribution in [-0.4, -0.2) is 101 Å². The zero-order valence-electron chi connectivity index (χ0n) is 20.4. The van der Waals surface area contributed by atoms with E-state index in [9.17, 15) is 28.8 Å². The van der Waals surface area contributed by atoms with Crippen molar-refractivity contribution in [3.8, 4) is 0 Å². The van der Waals surface area contributed by atoms with Gasteiger partial charge in [-0.2, -0.15) is 0 Å². The van der Waals surface area contributed by atoms with Crippen LogP contribution in [0.25, 0.3) is 0 Å². The second kappa shape index (κ2) is 12.9. The first-order chi connectivity index (χ1) is 16.8. The summed E-state index contributed by atoms with van der Waals surface area (Å²) in [4.78, 5) is 75.5. The molecule has 13 nitrogen and oxygen atoms in total. The Morgan fingerprint density at radius 3 is 2.39 bits per heavy atom. The number of halogens is 1. The molecule has 2 aliphatic rings. The number of rotatable bonds is 10. The highest BCUT2D eigenvalue weighted by molar-refractivity contribution is 9.09. The van der Waals surface area contributed by atoms with E-state index in [4.69, 9.17) is 18.9 Å². The molecule has 1 N–H and O–H groups in total. The predicted octanol–water partition coefficient (Wildman–Crippen LogP) is 1.14. The van der Waals surface area contributed by atoms with Crippen molar-refractivity contribution in [1.29, 1.82) is 0 Å². The van der Waals surface area contributed by atoms with E-state index >= 15 is 0 Å². The number of nitrogens with one attached hydrogen (secondary N) is 1. The molecule has 0 unspecified atom stereocenters. The zero-order chi connectivity index (χ0) is 27.2. The fourth-order valence-electron chi connectivity index (χ4n) is 3.10. The third-order valence-electron chi connectivity index (χ3n) is 4.67. The Kier molecular flexibility index (Phi) is 10.6. The van der Waals surface area contributed by atoms with E-state index in [1.165, 1.54) is 37.7 Å². The number of nitrogens with zero attached hydrogens (tertiary/aromatic N) is 2. The Labute approximate surface area is 220 Å². The number of Topliss-reactive ketones (excluding diaryl/α,β-unsaturated/α-hetero) is 1. The number of hydrogen-bond acceptors (Lipinski definition) is 11. The lowest BCUT2D eigenvalue weighted by Crippen LogP contribution is -2.70. The molecule has 0 aromatic heterocycles. The van der Waals surface area contributed by atoms with Crippen molar-refractivity contribution < 1.29 is 47.7 Å². The van der Waals surface area contributed by atoms with Crippen LogP contribution >= 0.6 is 27.7 Å². The highest BCUT2D eigenvalue weighted by Gasteiger charge is 2.54. The van der Waals surface area contributed by atoms with Gasteiger partial charge in [0.25, 0.3) is 5.91 Å². The lowest BCUT2D eigenvalue weighted by Gasteiger charge is -2.49. The highest BCUT2D eigenvalue weighted by Crippen LogP contribution is 2.41. The highest BCUT2D eigenvalue weighted by atomic mass is 79.9. The van der Waals surface area contributed by atoms with Crippen molar-refractivity contribution in [2.24, 2.45) is 0 Å². The van der Waals surface area contributed by atoms with Gasteiger partial charge >= 0.3 is 18.2 Å². The molecular weight excluding hydrogens is 566 g/mol. The SMILES string of the molecule is CC(C)OC(=O)O[C@@H](C)OC(=O)C1=C(COC(=O)N(C)C)CS[C@@H]2[C@H](NC(=O)CC(=O)CBr)C(=O)N12. The molecule has 2 rings (SSSR count). The van der Waals surface area contributed by atoms with Gasteiger partial charge in [-0.15, -0.1) is 11.8 Å². The number of alkyl halides is 1. The molecule has 0 aliphatic carbocycles. The van der Waals surface area contributed by atoms with Gasteiger partial charge in [-0.3, -0.25) is 19.3 Å². The average molecular weight is 594 g/mol. The Balaban J connectivity index is 2.20. The van der Waals surface area contributed by atoms with Gasteiger partial charge in [0, 0.05) is 32.3 Å². The van der Waals surface area contributed by atoms with Crippen LogP contribution in [0.5, 0.6) is 0 Å². The summed E-state index contributed by atoms with van der Waals surface area (Å²) < 4.78 is 20.1. The number of ketones is 1. The summed E-state index contributed by atoms with van der Waals surface area (Å²) in [6.07, 6.45) is -3.90. The molecule has 0 saturated carbocycles. The molecular formula is C21H28BrN3O10S. The summed E-state index contributed by atoms with van der Waals surface area (Å²) in [5.74, 6) is -2.40. The summed E-state index contributed by atoms with van der Waals surface area (Å²) in [5, 5.41) is 1.86. The minimum absolute atomic E-state index is 0.00204. The number of ether oxygens (including phenoxy) is 4. The van der Waals surface area contributed by atoms with Crippen molar-refractivity contribution >= 4 is 63.5 Å². The van der Waals surface area contributed by atoms with Crippen LogP contribution in [0.15, 0.2) is 11.3 Å². The van der Waals surface area contributed by atoms with Crippen LogP contribution in [0.3, 0.4) is 0 Å². The Bertz CT molecular complexity index is 954. The molecule has 0 bridgehead atoms. The van der Waals surface area contributed by atoms with Crippen LogP contribution in [-0.2, 0) is 38.1 Å². The van der Waals surface area contributed by atoms with E-state index in [1.807, 2.05) is 0 Å². The van der Waals surface area contributed by atoms with E-state index in [1.54, 1.807) is 13.8 Å².